The molecular formula is C13H31N3O. The maximum absolute atomic E-state index is 5.47. The van der Waals surface area contributed by atoms with Crippen molar-refractivity contribution < 1.29 is 4.74 Å². The number of hydrogen-bond donors (Lipinski definition) is 0. The molecule has 4 heteroatoms. The molecule has 0 aromatic rings. The number of ether oxygens (including phenoxy) is 1. The molecule has 0 aliphatic carbocycles. The molecule has 0 aromatic carbocycles. The molecule has 0 saturated heterocycles. The quantitative estimate of drug-likeness (QED) is 0.595. The van der Waals surface area contributed by atoms with Gasteiger partial charge >= 0.3 is 0 Å². The highest BCUT2D eigenvalue weighted by molar-refractivity contribution is 4.86. The third kappa shape index (κ3) is 6.99. The highest BCUT2D eigenvalue weighted by Crippen LogP contribution is 2.21. The van der Waals surface area contributed by atoms with Crippen LogP contribution in [0.4, 0.5) is 0 Å². The molecule has 0 aliphatic rings. The summed E-state index contributed by atoms with van der Waals surface area (Å²) >= 11 is 0. The Kier molecular flexibility index (Phi) is 7.96. The van der Waals surface area contributed by atoms with Crippen molar-refractivity contribution in [3.63, 3.8) is 0 Å². The van der Waals surface area contributed by atoms with Gasteiger partial charge in [0.25, 0.3) is 0 Å². The molecule has 0 unspecified atom stereocenters. The van der Waals surface area contributed by atoms with Gasteiger partial charge in [0, 0.05) is 32.2 Å². The summed E-state index contributed by atoms with van der Waals surface area (Å²) in [5.74, 6) is 0. The first kappa shape index (κ1) is 16.8. The van der Waals surface area contributed by atoms with Gasteiger partial charge in [-0.2, -0.15) is 0 Å². The molecule has 0 spiro atoms. The lowest BCUT2D eigenvalue weighted by atomic mass is 9.87. The van der Waals surface area contributed by atoms with Crippen LogP contribution in [0.15, 0.2) is 0 Å². The van der Waals surface area contributed by atoms with E-state index in [0.29, 0.717) is 0 Å². The predicted octanol–water partition coefficient (Wildman–Crippen LogP) is 0.694. The van der Waals surface area contributed by atoms with Crippen LogP contribution in [0, 0.1) is 5.41 Å². The smallest absolute Gasteiger partial charge is 0.0555 e. The fraction of sp³-hybridized carbons (Fsp3) is 1.00. The van der Waals surface area contributed by atoms with E-state index in [1.165, 1.54) is 0 Å². The lowest BCUT2D eigenvalue weighted by Crippen LogP contribution is -2.51. The summed E-state index contributed by atoms with van der Waals surface area (Å²) in [6.07, 6.45) is 0. The summed E-state index contributed by atoms with van der Waals surface area (Å²) in [6, 6.07) is 0. The average molecular weight is 245 g/mol. The van der Waals surface area contributed by atoms with Gasteiger partial charge in [-0.3, -0.25) is 0 Å². The van der Waals surface area contributed by atoms with Crippen molar-refractivity contribution in [2.24, 2.45) is 5.41 Å². The maximum atomic E-state index is 5.47. The molecule has 0 aromatic heterocycles. The van der Waals surface area contributed by atoms with E-state index in [4.69, 9.17) is 4.74 Å². The van der Waals surface area contributed by atoms with Crippen molar-refractivity contribution in [2.75, 3.05) is 75.1 Å². The van der Waals surface area contributed by atoms with Crippen LogP contribution in [0.2, 0.25) is 0 Å². The predicted molar refractivity (Wildman–Crippen MR) is 74.6 cm³/mol. The molecule has 0 bridgehead atoms. The Morgan fingerprint density at radius 3 is 1.65 bits per heavy atom. The van der Waals surface area contributed by atoms with Crippen LogP contribution < -0.4 is 0 Å². The van der Waals surface area contributed by atoms with Crippen molar-refractivity contribution in [2.45, 2.75) is 6.92 Å². The number of nitrogens with zero attached hydrogens (tertiary/aromatic N) is 3. The van der Waals surface area contributed by atoms with Crippen molar-refractivity contribution >= 4 is 0 Å². The molecule has 0 amide bonds. The highest BCUT2D eigenvalue weighted by atomic mass is 16.5. The summed E-state index contributed by atoms with van der Waals surface area (Å²) in [5.41, 5.74) is 0.173. The second-order valence-corrected chi connectivity index (χ2v) is 5.74. The summed E-state index contributed by atoms with van der Waals surface area (Å²) in [6.45, 7) is 7.23. The maximum Gasteiger partial charge on any atom is 0.0555 e. The first-order valence-electron chi connectivity index (χ1n) is 6.32. The van der Waals surface area contributed by atoms with Crippen molar-refractivity contribution in [3.8, 4) is 0 Å². The molecule has 0 saturated carbocycles. The van der Waals surface area contributed by atoms with E-state index in [2.05, 4.69) is 56.9 Å². The van der Waals surface area contributed by atoms with Gasteiger partial charge in [-0.25, -0.2) is 0 Å². The van der Waals surface area contributed by atoms with E-state index in [9.17, 15) is 0 Å². The zero-order valence-corrected chi connectivity index (χ0v) is 12.8. The van der Waals surface area contributed by atoms with Crippen molar-refractivity contribution in [1.82, 2.24) is 14.7 Å². The molecule has 0 N–H and O–H groups in total. The van der Waals surface area contributed by atoms with E-state index in [1.807, 2.05) is 0 Å². The van der Waals surface area contributed by atoms with Crippen LogP contribution in [0.3, 0.4) is 0 Å². The van der Waals surface area contributed by atoms with Crippen LogP contribution in [-0.2, 0) is 4.74 Å². The minimum Gasteiger partial charge on any atom is -0.384 e. The summed E-state index contributed by atoms with van der Waals surface area (Å²) in [7, 11) is 12.5. The first-order valence-corrected chi connectivity index (χ1v) is 6.32. The van der Waals surface area contributed by atoms with E-state index >= 15 is 0 Å². The Bertz CT molecular complexity index is 185. The monoisotopic (exact) mass is 245 g/mol. The summed E-state index contributed by atoms with van der Waals surface area (Å²) in [5, 5.41) is 0. The molecule has 17 heavy (non-hydrogen) atoms. The largest absolute Gasteiger partial charge is 0.384 e. The molecule has 0 rings (SSSR count). The van der Waals surface area contributed by atoms with E-state index in [-0.39, 0.29) is 5.41 Å². The molecule has 0 fully saturated rings. The van der Waals surface area contributed by atoms with Crippen LogP contribution >= 0.6 is 0 Å². The fourth-order valence-electron chi connectivity index (χ4n) is 2.62. The van der Waals surface area contributed by atoms with Crippen LogP contribution in [0.5, 0.6) is 0 Å². The van der Waals surface area contributed by atoms with E-state index in [0.717, 1.165) is 32.8 Å². The summed E-state index contributed by atoms with van der Waals surface area (Å²) in [4.78, 5) is 6.88. The van der Waals surface area contributed by atoms with Crippen LogP contribution in [0.25, 0.3) is 0 Å². The second kappa shape index (κ2) is 8.03. The van der Waals surface area contributed by atoms with Crippen molar-refractivity contribution in [3.05, 3.63) is 0 Å². The zero-order chi connectivity index (χ0) is 13.5. The van der Waals surface area contributed by atoms with Gasteiger partial charge in [0.2, 0.25) is 0 Å². The average Bonchev–Trinajstić information content (AvgIpc) is 2.15. The standard InChI is InChI=1S/C13H31N3O/c1-8-16(6)11-13(12-17-7,9-14(2)3)10-15(4)5/h8-12H2,1-7H3. The Morgan fingerprint density at radius 2 is 1.35 bits per heavy atom. The third-order valence-corrected chi connectivity index (χ3v) is 2.90. The van der Waals surface area contributed by atoms with Gasteiger partial charge in [0.15, 0.2) is 0 Å². The minimum absolute atomic E-state index is 0.173. The lowest BCUT2D eigenvalue weighted by Gasteiger charge is -2.40. The number of rotatable bonds is 9. The first-order chi connectivity index (χ1) is 7.85. The second-order valence-electron chi connectivity index (χ2n) is 5.74. The van der Waals surface area contributed by atoms with Crippen LogP contribution in [-0.4, -0.2) is 89.8 Å². The van der Waals surface area contributed by atoms with E-state index in [1.54, 1.807) is 7.11 Å². The molecule has 4 nitrogen and oxygen atoms in total. The Hall–Kier alpha value is -0.160. The molecule has 0 atom stereocenters. The lowest BCUT2D eigenvalue weighted by molar-refractivity contribution is 0.0156. The van der Waals surface area contributed by atoms with Crippen LogP contribution in [0.1, 0.15) is 6.92 Å². The third-order valence-electron chi connectivity index (χ3n) is 2.90. The molecule has 0 radical (unpaired) electrons. The topological polar surface area (TPSA) is 19.0 Å². The molecule has 0 heterocycles. The number of hydrogen-bond acceptors (Lipinski definition) is 4. The molecule has 104 valence electrons. The minimum atomic E-state index is 0.173. The Labute approximate surface area is 108 Å². The van der Waals surface area contributed by atoms with Gasteiger partial charge in [0.1, 0.15) is 0 Å². The number of methoxy groups -OCH3 is 1. The molecule has 0 aliphatic heterocycles. The van der Waals surface area contributed by atoms with Gasteiger partial charge < -0.3 is 19.4 Å². The Balaban J connectivity index is 4.79. The normalized spacial score (nSPS) is 13.1. The van der Waals surface area contributed by atoms with Gasteiger partial charge in [-0.1, -0.05) is 6.92 Å². The molecular weight excluding hydrogens is 214 g/mol. The van der Waals surface area contributed by atoms with Gasteiger partial charge in [0.05, 0.1) is 6.61 Å². The van der Waals surface area contributed by atoms with Crippen molar-refractivity contribution in [1.29, 1.82) is 0 Å². The van der Waals surface area contributed by atoms with Gasteiger partial charge in [-0.15, -0.1) is 0 Å². The summed E-state index contributed by atoms with van der Waals surface area (Å²) < 4.78 is 5.47. The SMILES string of the molecule is CCN(C)CC(COC)(CN(C)C)CN(C)C. The fourth-order valence-corrected chi connectivity index (χ4v) is 2.62. The zero-order valence-electron chi connectivity index (χ0n) is 12.8. The van der Waals surface area contributed by atoms with E-state index < -0.39 is 0 Å². The van der Waals surface area contributed by atoms with Gasteiger partial charge in [-0.05, 0) is 41.8 Å². The Morgan fingerprint density at radius 1 is 0.882 bits per heavy atom. The highest BCUT2D eigenvalue weighted by Gasteiger charge is 2.32.